The molecule has 5 rings (SSSR count). The first-order valence-corrected chi connectivity index (χ1v) is 11.8. The summed E-state index contributed by atoms with van der Waals surface area (Å²) in [4.78, 5) is 37.7. The summed E-state index contributed by atoms with van der Waals surface area (Å²) < 4.78 is 45.6. The molecule has 0 aliphatic carbocycles. The van der Waals surface area contributed by atoms with Crippen LogP contribution in [0.1, 0.15) is 32.5 Å². The predicted octanol–water partition coefficient (Wildman–Crippen LogP) is 1.73. The lowest BCUT2D eigenvalue weighted by molar-refractivity contribution is -0.137. The standard InChI is InChI=1S/C25H22F3N7O5/c26-25(27,28)13-7-5-12(6-8-13)22(38)34-15-4-2-1-3-14(15)23(39)30-9-16-18(36)19(37)24(40-16)35-11-33-17-20(29)31-10-32-21(17)35/h1-8,10-11,16,18-19,24,36-37H,9H2,(H,30,39)(H,34,38)(H2,29,31,32). The fourth-order valence-corrected chi connectivity index (χ4v) is 4.27. The van der Waals surface area contributed by atoms with E-state index in [2.05, 4.69) is 25.6 Å². The van der Waals surface area contributed by atoms with Gasteiger partial charge in [-0.25, -0.2) is 15.0 Å². The zero-order valence-electron chi connectivity index (χ0n) is 20.4. The van der Waals surface area contributed by atoms with Crippen LogP contribution in [0.4, 0.5) is 24.7 Å². The summed E-state index contributed by atoms with van der Waals surface area (Å²) in [6.07, 6.45) is -6.84. The first-order chi connectivity index (χ1) is 19.0. The predicted molar refractivity (Wildman–Crippen MR) is 134 cm³/mol. The van der Waals surface area contributed by atoms with Gasteiger partial charge in [-0.3, -0.25) is 14.2 Å². The van der Waals surface area contributed by atoms with Gasteiger partial charge >= 0.3 is 6.18 Å². The van der Waals surface area contributed by atoms with Gasteiger partial charge in [0, 0.05) is 12.1 Å². The van der Waals surface area contributed by atoms with E-state index in [-0.39, 0.29) is 34.8 Å². The van der Waals surface area contributed by atoms with Crippen molar-refractivity contribution in [3.63, 3.8) is 0 Å². The number of amides is 2. The summed E-state index contributed by atoms with van der Waals surface area (Å²) in [7, 11) is 0. The molecule has 4 aromatic rings. The molecule has 15 heteroatoms. The fourth-order valence-electron chi connectivity index (χ4n) is 4.27. The first kappa shape index (κ1) is 27.0. The van der Waals surface area contributed by atoms with Crippen molar-refractivity contribution in [2.45, 2.75) is 30.7 Å². The molecule has 0 radical (unpaired) electrons. The molecule has 6 N–H and O–H groups in total. The molecule has 12 nitrogen and oxygen atoms in total. The maximum absolute atomic E-state index is 13.0. The lowest BCUT2D eigenvalue weighted by Crippen LogP contribution is -2.40. The number of fused-ring (bicyclic) bond motifs is 1. The smallest absolute Gasteiger partial charge is 0.387 e. The van der Waals surface area contributed by atoms with Crippen LogP contribution < -0.4 is 16.4 Å². The van der Waals surface area contributed by atoms with Gasteiger partial charge in [0.15, 0.2) is 17.7 Å². The van der Waals surface area contributed by atoms with E-state index in [1.807, 2.05) is 0 Å². The van der Waals surface area contributed by atoms with Crippen LogP contribution in [-0.4, -0.2) is 66.4 Å². The summed E-state index contributed by atoms with van der Waals surface area (Å²) in [6.45, 7) is -0.210. The van der Waals surface area contributed by atoms with Crippen molar-refractivity contribution >= 4 is 34.5 Å². The van der Waals surface area contributed by atoms with Crippen LogP contribution in [0.2, 0.25) is 0 Å². The quantitative estimate of drug-likeness (QED) is 0.236. The highest BCUT2D eigenvalue weighted by Crippen LogP contribution is 2.32. The molecule has 0 spiro atoms. The number of nitrogens with two attached hydrogens (primary N) is 1. The van der Waals surface area contributed by atoms with Crippen LogP contribution in [0, 0.1) is 0 Å². The Labute approximate surface area is 223 Å². The maximum Gasteiger partial charge on any atom is 0.416 e. The van der Waals surface area contributed by atoms with Crippen molar-refractivity contribution in [2.24, 2.45) is 0 Å². The number of hydrogen-bond acceptors (Lipinski definition) is 9. The largest absolute Gasteiger partial charge is 0.416 e. The third-order valence-corrected chi connectivity index (χ3v) is 6.36. The number of para-hydroxylation sites is 1. The minimum atomic E-state index is -4.54. The topological polar surface area (TPSA) is 178 Å². The number of aliphatic hydroxyl groups is 2. The molecule has 0 saturated carbocycles. The lowest BCUT2D eigenvalue weighted by atomic mass is 10.1. The Hall–Kier alpha value is -4.60. The highest BCUT2D eigenvalue weighted by atomic mass is 19.4. The van der Waals surface area contributed by atoms with Gasteiger partial charge in [-0.2, -0.15) is 13.2 Å². The van der Waals surface area contributed by atoms with E-state index >= 15 is 0 Å². The zero-order chi connectivity index (χ0) is 28.6. The number of imidazole rings is 1. The average molecular weight is 557 g/mol. The third kappa shape index (κ3) is 5.16. The van der Waals surface area contributed by atoms with Gasteiger partial charge in [-0.15, -0.1) is 0 Å². The molecule has 4 atom stereocenters. The van der Waals surface area contributed by atoms with Crippen LogP contribution in [0.5, 0.6) is 0 Å². The second-order valence-electron chi connectivity index (χ2n) is 8.91. The van der Waals surface area contributed by atoms with Crippen molar-refractivity contribution < 1.29 is 37.7 Å². The molecule has 2 amide bonds. The number of anilines is 2. The number of halogens is 3. The molecular formula is C25H22F3N7O5. The van der Waals surface area contributed by atoms with Gasteiger partial charge < -0.3 is 31.3 Å². The summed E-state index contributed by atoms with van der Waals surface area (Å²) in [6, 6.07) is 9.65. The lowest BCUT2D eigenvalue weighted by Gasteiger charge is -2.17. The van der Waals surface area contributed by atoms with Gasteiger partial charge in [0.25, 0.3) is 11.8 Å². The van der Waals surface area contributed by atoms with Crippen LogP contribution >= 0.6 is 0 Å². The number of hydrogen-bond donors (Lipinski definition) is 5. The van der Waals surface area contributed by atoms with E-state index in [9.17, 15) is 33.0 Å². The van der Waals surface area contributed by atoms with Gasteiger partial charge in [0.05, 0.1) is 23.1 Å². The number of alkyl halides is 3. The fraction of sp³-hybridized carbons (Fsp3) is 0.240. The van der Waals surface area contributed by atoms with Crippen LogP contribution in [0.15, 0.2) is 61.2 Å². The molecule has 2 aromatic carbocycles. The molecule has 208 valence electrons. The summed E-state index contributed by atoms with van der Waals surface area (Å²) in [5, 5.41) is 26.3. The molecule has 1 saturated heterocycles. The minimum Gasteiger partial charge on any atom is -0.387 e. The van der Waals surface area contributed by atoms with Crippen LogP contribution in [-0.2, 0) is 10.9 Å². The minimum absolute atomic E-state index is 0.0372. The molecule has 4 unspecified atom stereocenters. The number of carbonyl (C=O) groups is 2. The number of nitrogens with zero attached hydrogens (tertiary/aromatic N) is 4. The number of carbonyl (C=O) groups excluding carboxylic acids is 2. The van der Waals surface area contributed by atoms with E-state index in [1.54, 1.807) is 12.1 Å². The van der Waals surface area contributed by atoms with Crippen molar-refractivity contribution in [3.8, 4) is 0 Å². The van der Waals surface area contributed by atoms with E-state index in [0.29, 0.717) is 5.52 Å². The SMILES string of the molecule is Nc1ncnc2c1ncn2C1OC(CNC(=O)c2ccccc2NC(=O)c2ccc(C(F)(F)F)cc2)C(O)C1O. The molecule has 3 heterocycles. The number of benzene rings is 2. The van der Waals surface area contributed by atoms with Crippen LogP contribution in [0.3, 0.4) is 0 Å². The number of ether oxygens (including phenoxy) is 1. The van der Waals surface area contributed by atoms with E-state index in [0.717, 1.165) is 24.3 Å². The molecule has 1 aliphatic rings. The van der Waals surface area contributed by atoms with Gasteiger partial charge in [-0.05, 0) is 36.4 Å². The third-order valence-electron chi connectivity index (χ3n) is 6.36. The Bertz CT molecular complexity index is 1560. The molecule has 1 aliphatic heterocycles. The van der Waals surface area contributed by atoms with Crippen molar-refractivity contribution in [1.82, 2.24) is 24.8 Å². The van der Waals surface area contributed by atoms with Gasteiger partial charge in [-0.1, -0.05) is 12.1 Å². The first-order valence-electron chi connectivity index (χ1n) is 11.8. The highest BCUT2D eigenvalue weighted by Gasteiger charge is 2.44. The number of rotatable bonds is 6. The average Bonchev–Trinajstić information content (AvgIpc) is 3.48. The Morgan fingerprint density at radius 2 is 1.73 bits per heavy atom. The number of nitrogens with one attached hydrogen (secondary N) is 2. The molecular weight excluding hydrogens is 535 g/mol. The normalized spacial score (nSPS) is 20.9. The second-order valence-corrected chi connectivity index (χ2v) is 8.91. The summed E-state index contributed by atoms with van der Waals surface area (Å²) in [5.41, 5.74) is 5.60. The monoisotopic (exact) mass is 557 g/mol. The van der Waals surface area contributed by atoms with E-state index in [4.69, 9.17) is 10.5 Å². The second kappa shape index (κ2) is 10.5. The Morgan fingerprint density at radius 3 is 2.45 bits per heavy atom. The number of aromatic nitrogens is 4. The molecule has 0 bridgehead atoms. The Kier molecular flexibility index (Phi) is 7.10. The number of aliphatic hydroxyl groups excluding tert-OH is 2. The van der Waals surface area contributed by atoms with Crippen molar-refractivity contribution in [3.05, 3.63) is 77.9 Å². The van der Waals surface area contributed by atoms with Gasteiger partial charge in [0.1, 0.15) is 30.2 Å². The molecule has 1 fully saturated rings. The van der Waals surface area contributed by atoms with Crippen LogP contribution in [0.25, 0.3) is 11.2 Å². The Morgan fingerprint density at radius 1 is 1.00 bits per heavy atom. The summed E-state index contributed by atoms with van der Waals surface area (Å²) in [5.74, 6) is -1.22. The number of nitrogen functional groups attached to an aromatic ring is 1. The molecule has 2 aromatic heterocycles. The van der Waals surface area contributed by atoms with Crippen molar-refractivity contribution in [1.29, 1.82) is 0 Å². The highest BCUT2D eigenvalue weighted by molar-refractivity contribution is 6.09. The van der Waals surface area contributed by atoms with E-state index in [1.165, 1.54) is 29.4 Å². The maximum atomic E-state index is 13.0. The van der Waals surface area contributed by atoms with Crippen molar-refractivity contribution in [2.75, 3.05) is 17.6 Å². The molecule has 40 heavy (non-hydrogen) atoms. The van der Waals surface area contributed by atoms with Gasteiger partial charge in [0.2, 0.25) is 0 Å². The summed E-state index contributed by atoms with van der Waals surface area (Å²) >= 11 is 0. The zero-order valence-corrected chi connectivity index (χ0v) is 20.4. The van der Waals surface area contributed by atoms with E-state index < -0.39 is 48.1 Å². The Balaban J connectivity index is 1.25.